The summed E-state index contributed by atoms with van der Waals surface area (Å²) in [5.74, 6) is 1.68. The molecule has 4 fully saturated rings. The number of rotatable bonds is 12. The Morgan fingerprint density at radius 2 is 0.897 bits per heavy atom. The third-order valence-corrected chi connectivity index (χ3v) is 12.1. The number of halogens is 4. The lowest BCUT2D eigenvalue weighted by molar-refractivity contribution is -0.0375. The Balaban J connectivity index is 1.15. The van der Waals surface area contributed by atoms with Crippen molar-refractivity contribution in [3.63, 3.8) is 0 Å². The van der Waals surface area contributed by atoms with Crippen LogP contribution in [-0.2, 0) is 0 Å². The van der Waals surface area contributed by atoms with Gasteiger partial charge in [0.1, 0.15) is 24.7 Å². The van der Waals surface area contributed by atoms with Crippen LogP contribution in [0, 0.1) is 47.3 Å². The highest BCUT2D eigenvalue weighted by Gasteiger charge is 2.47. The topological polar surface area (TPSA) is 0 Å². The lowest BCUT2D eigenvalue weighted by atomic mass is 9.63. The lowest BCUT2D eigenvalue weighted by Crippen LogP contribution is -2.45. The van der Waals surface area contributed by atoms with Crippen LogP contribution in [0.4, 0.5) is 17.6 Å². The van der Waals surface area contributed by atoms with Crippen molar-refractivity contribution in [1.82, 2.24) is 0 Å². The Labute approximate surface area is 238 Å². The first-order valence-corrected chi connectivity index (χ1v) is 17.5. The number of hydrogen-bond donors (Lipinski definition) is 0. The Bertz CT molecular complexity index is 668. The van der Waals surface area contributed by atoms with Crippen LogP contribution in [0.2, 0.25) is 0 Å². The summed E-state index contributed by atoms with van der Waals surface area (Å²) in [4.78, 5) is 0. The SMILES string of the molecule is CCCCCCC1CCC(CCC2CCC(C3CCC(C4CCC(CCC)CC4)C(F)C3F)CC2)[C@@H](F)C1F. The van der Waals surface area contributed by atoms with Crippen LogP contribution in [0.5, 0.6) is 0 Å². The van der Waals surface area contributed by atoms with E-state index in [-0.39, 0.29) is 23.7 Å². The number of hydrogen-bond acceptors (Lipinski definition) is 0. The van der Waals surface area contributed by atoms with E-state index in [1.807, 2.05) is 0 Å². The van der Waals surface area contributed by atoms with Crippen molar-refractivity contribution < 1.29 is 17.6 Å². The van der Waals surface area contributed by atoms with E-state index in [1.54, 1.807) is 0 Å². The lowest BCUT2D eigenvalue weighted by Gasteiger charge is -2.45. The molecule has 4 heteroatoms. The third kappa shape index (κ3) is 8.39. The summed E-state index contributed by atoms with van der Waals surface area (Å²) in [5, 5.41) is 0. The van der Waals surface area contributed by atoms with Crippen LogP contribution < -0.4 is 0 Å². The van der Waals surface area contributed by atoms with Gasteiger partial charge in [-0.15, -0.1) is 0 Å². The zero-order valence-electron chi connectivity index (χ0n) is 25.3. The van der Waals surface area contributed by atoms with Gasteiger partial charge in [-0.3, -0.25) is 0 Å². The molecule has 228 valence electrons. The first kappa shape index (κ1) is 31.7. The van der Waals surface area contributed by atoms with Gasteiger partial charge in [-0.2, -0.15) is 0 Å². The molecule has 4 aliphatic carbocycles. The van der Waals surface area contributed by atoms with Gasteiger partial charge in [0.15, 0.2) is 0 Å². The predicted octanol–water partition coefficient (Wildman–Crippen LogP) is 11.6. The van der Waals surface area contributed by atoms with Crippen LogP contribution in [0.1, 0.15) is 149 Å². The molecule has 0 spiro atoms. The zero-order chi connectivity index (χ0) is 27.8. The molecule has 39 heavy (non-hydrogen) atoms. The molecule has 0 saturated heterocycles. The average molecular weight is 557 g/mol. The molecule has 0 aliphatic heterocycles. The van der Waals surface area contributed by atoms with Gasteiger partial charge in [0.05, 0.1) is 0 Å². The molecule has 0 bridgehead atoms. The fourth-order valence-corrected chi connectivity index (χ4v) is 9.54. The molecule has 7 unspecified atom stereocenters. The van der Waals surface area contributed by atoms with Gasteiger partial charge in [-0.1, -0.05) is 84.5 Å². The Hall–Kier alpha value is -0.280. The third-order valence-electron chi connectivity index (χ3n) is 12.1. The van der Waals surface area contributed by atoms with Crippen LogP contribution in [0.15, 0.2) is 0 Å². The molecule has 4 rings (SSSR count). The minimum Gasteiger partial charge on any atom is -0.244 e. The maximum Gasteiger partial charge on any atom is 0.134 e. The van der Waals surface area contributed by atoms with Crippen molar-refractivity contribution in [2.75, 3.05) is 0 Å². The Morgan fingerprint density at radius 1 is 0.410 bits per heavy atom. The molecule has 4 saturated carbocycles. The van der Waals surface area contributed by atoms with Crippen LogP contribution >= 0.6 is 0 Å². The number of unbranched alkanes of at least 4 members (excludes halogenated alkanes) is 3. The van der Waals surface area contributed by atoms with Crippen molar-refractivity contribution in [3.8, 4) is 0 Å². The summed E-state index contributed by atoms with van der Waals surface area (Å²) < 4.78 is 60.7. The minimum absolute atomic E-state index is 0.0606. The fraction of sp³-hybridized carbons (Fsp3) is 1.00. The van der Waals surface area contributed by atoms with Crippen LogP contribution in [0.3, 0.4) is 0 Å². The van der Waals surface area contributed by atoms with E-state index in [4.69, 9.17) is 0 Å². The second-order valence-electron chi connectivity index (χ2n) is 14.6. The van der Waals surface area contributed by atoms with Crippen molar-refractivity contribution in [2.24, 2.45) is 47.3 Å². The quantitative estimate of drug-likeness (QED) is 0.166. The van der Waals surface area contributed by atoms with E-state index in [0.717, 1.165) is 102 Å². The predicted molar refractivity (Wildman–Crippen MR) is 156 cm³/mol. The molecule has 0 N–H and O–H groups in total. The highest BCUT2D eigenvalue weighted by molar-refractivity contribution is 4.96. The van der Waals surface area contributed by atoms with Gasteiger partial charge < -0.3 is 0 Å². The summed E-state index contributed by atoms with van der Waals surface area (Å²) in [6.07, 6.45) is 16.7. The first-order valence-electron chi connectivity index (χ1n) is 17.5. The Morgan fingerprint density at radius 3 is 1.38 bits per heavy atom. The van der Waals surface area contributed by atoms with Gasteiger partial charge >= 0.3 is 0 Å². The molecule has 8 atom stereocenters. The zero-order valence-corrected chi connectivity index (χ0v) is 25.3. The molecule has 0 aromatic heterocycles. The Kier molecular flexibility index (Phi) is 12.8. The second-order valence-corrected chi connectivity index (χ2v) is 14.6. The molecule has 0 nitrogen and oxygen atoms in total. The van der Waals surface area contributed by atoms with E-state index in [1.165, 1.54) is 38.5 Å². The van der Waals surface area contributed by atoms with Gasteiger partial charge in [-0.05, 0) is 112 Å². The van der Waals surface area contributed by atoms with E-state index in [2.05, 4.69) is 13.8 Å². The molecule has 4 aliphatic rings. The van der Waals surface area contributed by atoms with Gasteiger partial charge in [0, 0.05) is 0 Å². The maximum atomic E-state index is 15.5. The molecule has 0 aromatic carbocycles. The normalized spacial score (nSPS) is 43.8. The van der Waals surface area contributed by atoms with Crippen molar-refractivity contribution in [2.45, 2.75) is 173 Å². The fourth-order valence-electron chi connectivity index (χ4n) is 9.54. The summed E-state index contributed by atoms with van der Waals surface area (Å²) in [6, 6.07) is 0. The summed E-state index contributed by atoms with van der Waals surface area (Å²) in [6.45, 7) is 4.42. The van der Waals surface area contributed by atoms with Crippen LogP contribution in [-0.4, -0.2) is 24.7 Å². The monoisotopic (exact) mass is 556 g/mol. The van der Waals surface area contributed by atoms with Crippen molar-refractivity contribution in [3.05, 3.63) is 0 Å². The molecule has 0 amide bonds. The van der Waals surface area contributed by atoms with Crippen molar-refractivity contribution in [1.29, 1.82) is 0 Å². The largest absolute Gasteiger partial charge is 0.244 e. The summed E-state index contributed by atoms with van der Waals surface area (Å²) in [7, 11) is 0. The molecule has 0 aromatic rings. The molecular formula is C35H60F4. The van der Waals surface area contributed by atoms with Gasteiger partial charge in [0.2, 0.25) is 0 Å². The summed E-state index contributed by atoms with van der Waals surface area (Å²) >= 11 is 0. The van der Waals surface area contributed by atoms with Crippen molar-refractivity contribution >= 4 is 0 Å². The van der Waals surface area contributed by atoms with E-state index >= 15 is 8.78 Å². The first-order chi connectivity index (χ1) is 18.9. The molecule has 0 heterocycles. The highest BCUT2D eigenvalue weighted by atomic mass is 19.2. The average Bonchev–Trinajstić information content (AvgIpc) is 2.95. The minimum atomic E-state index is -1.29. The maximum absolute atomic E-state index is 15.5. The second kappa shape index (κ2) is 15.8. The number of alkyl halides is 4. The summed E-state index contributed by atoms with van der Waals surface area (Å²) in [5.41, 5.74) is 0. The van der Waals surface area contributed by atoms with Gasteiger partial charge in [0.25, 0.3) is 0 Å². The van der Waals surface area contributed by atoms with Crippen LogP contribution in [0.25, 0.3) is 0 Å². The van der Waals surface area contributed by atoms with E-state index < -0.39 is 24.7 Å². The molecular weight excluding hydrogens is 496 g/mol. The van der Waals surface area contributed by atoms with Gasteiger partial charge in [-0.25, -0.2) is 17.6 Å². The smallest absolute Gasteiger partial charge is 0.134 e. The standard InChI is InChI=1S/C35H60F4/c1-3-5-6-7-9-28-20-21-29(33(37)32(28)36)19-14-25-12-17-27(18-13-25)31-23-22-30(34(38)35(31)39)26-15-10-24(8-4-2)11-16-26/h24-35H,3-23H2,1-2H3/t24?,25?,26?,27?,28?,29?,30?,31?,32?,33-,34?,35?/m1/s1. The molecule has 0 radical (unpaired) electrons. The highest BCUT2D eigenvalue weighted by Crippen LogP contribution is 2.49. The van der Waals surface area contributed by atoms with E-state index in [0.29, 0.717) is 17.8 Å². The van der Waals surface area contributed by atoms with E-state index in [9.17, 15) is 8.78 Å².